The molecular weight excluding hydrogens is 432 g/mol. The zero-order valence-electron chi connectivity index (χ0n) is 19.6. The Morgan fingerprint density at radius 2 is 1.79 bits per heavy atom. The summed E-state index contributed by atoms with van der Waals surface area (Å²) in [5.41, 5.74) is 1.96. The number of aromatic nitrogens is 1. The van der Waals surface area contributed by atoms with E-state index in [1.807, 2.05) is 59.5 Å². The van der Waals surface area contributed by atoms with Crippen LogP contribution in [-0.4, -0.2) is 78.6 Å². The number of methoxy groups -OCH3 is 1. The van der Waals surface area contributed by atoms with E-state index in [-0.39, 0.29) is 23.9 Å². The lowest BCUT2D eigenvalue weighted by atomic mass is 10.1. The van der Waals surface area contributed by atoms with E-state index in [1.165, 1.54) is 0 Å². The van der Waals surface area contributed by atoms with Crippen LogP contribution in [-0.2, 0) is 11.3 Å². The van der Waals surface area contributed by atoms with Gasteiger partial charge in [0.25, 0.3) is 5.91 Å². The molecule has 0 bridgehead atoms. The van der Waals surface area contributed by atoms with Crippen molar-refractivity contribution in [2.24, 2.45) is 0 Å². The molecule has 34 heavy (non-hydrogen) atoms. The first-order valence-electron chi connectivity index (χ1n) is 11.4. The van der Waals surface area contributed by atoms with Crippen molar-refractivity contribution < 1.29 is 18.8 Å². The number of ether oxygens (including phenoxy) is 1. The Balaban J connectivity index is 1.48. The van der Waals surface area contributed by atoms with Gasteiger partial charge in [0, 0.05) is 57.3 Å². The maximum Gasteiger partial charge on any atom is 0.276 e. The molecule has 2 aromatic carbocycles. The zero-order valence-corrected chi connectivity index (χ0v) is 19.6. The summed E-state index contributed by atoms with van der Waals surface area (Å²) in [5.74, 6) is 0.967. The van der Waals surface area contributed by atoms with Crippen LogP contribution >= 0.6 is 0 Å². The van der Waals surface area contributed by atoms with Gasteiger partial charge in [-0.15, -0.1) is 0 Å². The van der Waals surface area contributed by atoms with Crippen molar-refractivity contribution in [1.82, 2.24) is 19.9 Å². The van der Waals surface area contributed by atoms with E-state index in [4.69, 9.17) is 9.26 Å². The predicted octanol–water partition coefficient (Wildman–Crippen LogP) is 3.16. The third-order valence-corrected chi connectivity index (χ3v) is 6.04. The van der Waals surface area contributed by atoms with Crippen molar-refractivity contribution in [3.8, 4) is 17.1 Å². The molecule has 0 spiro atoms. The molecule has 4 rings (SSSR count). The Morgan fingerprint density at radius 3 is 2.53 bits per heavy atom. The van der Waals surface area contributed by atoms with Crippen LogP contribution in [0.3, 0.4) is 0 Å². The summed E-state index contributed by atoms with van der Waals surface area (Å²) in [6.07, 6.45) is 0.267. The third-order valence-electron chi connectivity index (χ3n) is 6.04. The fraction of sp³-hybridized carbons (Fsp3) is 0.346. The summed E-state index contributed by atoms with van der Waals surface area (Å²) in [6, 6.07) is 18.8. The van der Waals surface area contributed by atoms with Crippen LogP contribution in [0.2, 0.25) is 0 Å². The van der Waals surface area contributed by atoms with Crippen molar-refractivity contribution in [2.45, 2.75) is 13.0 Å². The lowest BCUT2D eigenvalue weighted by Gasteiger charge is -2.33. The maximum absolute atomic E-state index is 13.4. The van der Waals surface area contributed by atoms with Gasteiger partial charge < -0.3 is 24.0 Å². The molecular formula is C26H30N4O4. The van der Waals surface area contributed by atoms with E-state index in [0.717, 1.165) is 37.3 Å². The number of piperazine rings is 1. The van der Waals surface area contributed by atoms with Gasteiger partial charge in [0.1, 0.15) is 5.75 Å². The van der Waals surface area contributed by atoms with E-state index in [2.05, 4.69) is 17.1 Å². The van der Waals surface area contributed by atoms with Crippen molar-refractivity contribution in [3.05, 3.63) is 71.9 Å². The highest BCUT2D eigenvalue weighted by Crippen LogP contribution is 2.25. The second-order valence-corrected chi connectivity index (χ2v) is 8.45. The minimum Gasteiger partial charge on any atom is -0.497 e. The van der Waals surface area contributed by atoms with Crippen LogP contribution < -0.4 is 4.74 Å². The Morgan fingerprint density at radius 1 is 1.03 bits per heavy atom. The van der Waals surface area contributed by atoms with Crippen LogP contribution in [0.15, 0.2) is 65.2 Å². The summed E-state index contributed by atoms with van der Waals surface area (Å²) in [4.78, 5) is 31.9. The molecule has 1 aliphatic rings. The highest BCUT2D eigenvalue weighted by molar-refractivity contribution is 5.93. The minimum absolute atomic E-state index is 0.0659. The van der Waals surface area contributed by atoms with Crippen LogP contribution in [0.5, 0.6) is 5.75 Å². The quantitative estimate of drug-likeness (QED) is 0.512. The molecule has 0 saturated carbocycles. The molecule has 2 amide bonds. The van der Waals surface area contributed by atoms with Crippen molar-refractivity contribution in [3.63, 3.8) is 0 Å². The van der Waals surface area contributed by atoms with Gasteiger partial charge >= 0.3 is 0 Å². The number of hydrogen-bond acceptors (Lipinski definition) is 6. The Hall–Kier alpha value is -3.65. The zero-order chi connectivity index (χ0) is 23.9. The third kappa shape index (κ3) is 5.82. The number of benzene rings is 2. The summed E-state index contributed by atoms with van der Waals surface area (Å²) in [5, 5.41) is 4.03. The first-order valence-corrected chi connectivity index (χ1v) is 11.4. The monoisotopic (exact) mass is 462 g/mol. The lowest BCUT2D eigenvalue weighted by molar-refractivity contribution is -0.133. The molecule has 178 valence electrons. The second kappa shape index (κ2) is 11.0. The molecule has 0 aliphatic carbocycles. The first-order chi connectivity index (χ1) is 16.5. The largest absolute Gasteiger partial charge is 0.497 e. The first kappa shape index (κ1) is 23.5. The average molecular weight is 463 g/mol. The lowest BCUT2D eigenvalue weighted by Crippen LogP contribution is -2.47. The van der Waals surface area contributed by atoms with Gasteiger partial charge in [-0.25, -0.2) is 0 Å². The molecule has 0 N–H and O–H groups in total. The van der Waals surface area contributed by atoms with Crippen molar-refractivity contribution in [1.29, 1.82) is 0 Å². The summed E-state index contributed by atoms with van der Waals surface area (Å²) in [6.45, 7) is 3.86. The molecule has 0 atom stereocenters. The molecule has 1 fully saturated rings. The molecule has 0 unspecified atom stereocenters. The molecule has 8 heteroatoms. The number of likely N-dealkylation sites (N-methyl/N-ethyl adjacent to an activating group) is 1. The molecule has 1 aromatic heterocycles. The van der Waals surface area contributed by atoms with E-state index >= 15 is 0 Å². The van der Waals surface area contributed by atoms with E-state index in [0.29, 0.717) is 24.6 Å². The number of amides is 2. The number of hydrogen-bond donors (Lipinski definition) is 0. The summed E-state index contributed by atoms with van der Waals surface area (Å²) >= 11 is 0. The number of rotatable bonds is 8. The van der Waals surface area contributed by atoms with Gasteiger partial charge in [-0.05, 0) is 24.7 Å². The fourth-order valence-electron chi connectivity index (χ4n) is 3.95. The van der Waals surface area contributed by atoms with Gasteiger partial charge in [-0.3, -0.25) is 9.59 Å². The van der Waals surface area contributed by atoms with E-state index < -0.39 is 0 Å². The molecule has 8 nitrogen and oxygen atoms in total. The van der Waals surface area contributed by atoms with Gasteiger partial charge in [0.05, 0.1) is 7.11 Å². The summed E-state index contributed by atoms with van der Waals surface area (Å²) in [7, 11) is 3.65. The van der Waals surface area contributed by atoms with Crippen molar-refractivity contribution >= 4 is 11.8 Å². The average Bonchev–Trinajstić information content (AvgIpc) is 3.37. The van der Waals surface area contributed by atoms with Crippen LogP contribution in [0.4, 0.5) is 0 Å². The van der Waals surface area contributed by atoms with Crippen LogP contribution in [0.1, 0.15) is 22.5 Å². The van der Waals surface area contributed by atoms with Crippen LogP contribution in [0, 0.1) is 0 Å². The van der Waals surface area contributed by atoms with Crippen LogP contribution in [0.25, 0.3) is 11.3 Å². The number of carbonyl (C=O) groups is 2. The van der Waals surface area contributed by atoms with E-state index in [1.54, 1.807) is 18.1 Å². The standard InChI is InChI=1S/C26H30N4O4/c1-28-13-15-29(16-14-28)25(31)11-12-30(19-20-7-4-3-5-8-20)26(32)23-18-24(34-27-23)21-9-6-10-22(17-21)33-2/h3-10,17-18H,11-16,19H2,1-2H3. The highest BCUT2D eigenvalue weighted by Gasteiger charge is 2.24. The topological polar surface area (TPSA) is 79.1 Å². The van der Waals surface area contributed by atoms with E-state index in [9.17, 15) is 9.59 Å². The molecule has 3 aromatic rings. The van der Waals surface area contributed by atoms with Gasteiger partial charge in [-0.1, -0.05) is 47.6 Å². The maximum atomic E-state index is 13.4. The van der Waals surface area contributed by atoms with Gasteiger partial charge in [0.15, 0.2) is 11.5 Å². The van der Waals surface area contributed by atoms with Crippen molar-refractivity contribution in [2.75, 3.05) is 46.9 Å². The molecule has 1 saturated heterocycles. The molecule has 2 heterocycles. The SMILES string of the molecule is COc1cccc(-c2cc(C(=O)N(CCC(=O)N3CCN(C)CC3)Cc3ccccc3)no2)c1. The molecule has 1 aliphatic heterocycles. The molecule has 0 radical (unpaired) electrons. The number of nitrogens with zero attached hydrogens (tertiary/aromatic N) is 4. The Bertz CT molecular complexity index is 1110. The Labute approximate surface area is 199 Å². The number of carbonyl (C=O) groups excluding carboxylic acids is 2. The van der Waals surface area contributed by atoms with Gasteiger partial charge in [0.2, 0.25) is 5.91 Å². The highest BCUT2D eigenvalue weighted by atomic mass is 16.5. The summed E-state index contributed by atoms with van der Waals surface area (Å²) < 4.78 is 10.7. The normalized spacial score (nSPS) is 14.1. The van der Waals surface area contributed by atoms with Gasteiger partial charge in [-0.2, -0.15) is 0 Å². The minimum atomic E-state index is -0.270. The second-order valence-electron chi connectivity index (χ2n) is 8.45. The smallest absolute Gasteiger partial charge is 0.276 e. The Kier molecular flexibility index (Phi) is 7.59. The fourth-order valence-corrected chi connectivity index (χ4v) is 3.95. The predicted molar refractivity (Wildman–Crippen MR) is 128 cm³/mol.